The second-order valence-corrected chi connectivity index (χ2v) is 6.43. The van der Waals surface area contributed by atoms with Gasteiger partial charge < -0.3 is 0 Å². The average Bonchev–Trinajstić information content (AvgIpc) is 2.54. The lowest BCUT2D eigenvalue weighted by Gasteiger charge is -2.18. The summed E-state index contributed by atoms with van der Waals surface area (Å²) in [5, 5.41) is 8.13. The fraction of sp³-hybridized carbons (Fsp3) is 0.278. The number of ketones is 1. The Bertz CT molecular complexity index is 956. The first-order valence-electron chi connectivity index (χ1n) is 7.55. The fourth-order valence-corrected chi connectivity index (χ4v) is 2.53. The summed E-state index contributed by atoms with van der Waals surface area (Å²) < 4.78 is 40.8. The van der Waals surface area contributed by atoms with Gasteiger partial charge in [-0.25, -0.2) is 0 Å². The van der Waals surface area contributed by atoms with Crippen LogP contribution in [0, 0.1) is 18.3 Å². The van der Waals surface area contributed by atoms with Crippen molar-refractivity contribution in [2.24, 2.45) is 0 Å². The normalized spacial score (nSPS) is 12.5. The van der Waals surface area contributed by atoms with Crippen molar-refractivity contribution in [3.8, 4) is 17.3 Å². The summed E-state index contributed by atoms with van der Waals surface area (Å²) in [6, 6.07) is 8.51. The van der Waals surface area contributed by atoms with E-state index in [0.29, 0.717) is 5.56 Å². The summed E-state index contributed by atoms with van der Waals surface area (Å²) in [6.45, 7) is 2.61. The van der Waals surface area contributed by atoms with Crippen LogP contribution in [0.2, 0.25) is 0 Å². The van der Waals surface area contributed by atoms with Gasteiger partial charge in [0.25, 0.3) is 5.56 Å². The van der Waals surface area contributed by atoms with Crippen LogP contribution >= 0.6 is 11.6 Å². The standard InChI is InChI=1S/C18H14ClF3N2O2/c1-10-4-3-5-12(6-10)15-7-14(18(20,21)22)13(8-23)17(26)24(15)9-16(25)11(2)19/h3-7,11H,9H2,1-2H3. The van der Waals surface area contributed by atoms with Gasteiger partial charge in [0.05, 0.1) is 23.2 Å². The monoisotopic (exact) mass is 382 g/mol. The second-order valence-electron chi connectivity index (χ2n) is 5.77. The third kappa shape index (κ3) is 3.97. The lowest BCUT2D eigenvalue weighted by Crippen LogP contribution is -2.32. The first-order valence-corrected chi connectivity index (χ1v) is 7.99. The Kier molecular flexibility index (Phi) is 5.57. The number of carbonyl (C=O) groups excluding carboxylic acids is 1. The van der Waals surface area contributed by atoms with Gasteiger partial charge in [0.1, 0.15) is 11.6 Å². The molecule has 8 heteroatoms. The molecule has 1 unspecified atom stereocenters. The third-order valence-electron chi connectivity index (χ3n) is 3.79. The molecule has 2 rings (SSSR count). The van der Waals surface area contributed by atoms with Crippen molar-refractivity contribution in [1.29, 1.82) is 5.26 Å². The van der Waals surface area contributed by atoms with Gasteiger partial charge in [0, 0.05) is 0 Å². The van der Waals surface area contributed by atoms with E-state index in [2.05, 4.69) is 0 Å². The molecule has 4 nitrogen and oxygen atoms in total. The predicted octanol–water partition coefficient (Wildman–Crippen LogP) is 3.91. The largest absolute Gasteiger partial charge is 0.417 e. The van der Waals surface area contributed by atoms with Crippen LogP contribution in [0.5, 0.6) is 0 Å². The molecule has 1 atom stereocenters. The van der Waals surface area contributed by atoms with Crippen LogP contribution in [0.15, 0.2) is 35.1 Å². The van der Waals surface area contributed by atoms with Crippen LogP contribution in [-0.2, 0) is 17.5 Å². The molecule has 0 aliphatic rings. The van der Waals surface area contributed by atoms with E-state index >= 15 is 0 Å². The number of benzene rings is 1. The van der Waals surface area contributed by atoms with Crippen molar-refractivity contribution in [3.63, 3.8) is 0 Å². The first kappa shape index (κ1) is 19.7. The quantitative estimate of drug-likeness (QED) is 0.753. The van der Waals surface area contributed by atoms with E-state index in [0.717, 1.165) is 16.2 Å². The van der Waals surface area contributed by atoms with Crippen LogP contribution < -0.4 is 5.56 Å². The Morgan fingerprint density at radius 3 is 2.50 bits per heavy atom. The Morgan fingerprint density at radius 1 is 1.35 bits per heavy atom. The maximum atomic E-state index is 13.3. The molecule has 136 valence electrons. The number of rotatable bonds is 4. The molecule has 2 aromatic rings. The number of Topliss-reactive ketones (excluding diaryl/α,β-unsaturated/α-hetero) is 1. The highest BCUT2D eigenvalue weighted by Gasteiger charge is 2.36. The zero-order valence-corrected chi connectivity index (χ0v) is 14.6. The molecule has 0 aliphatic carbocycles. The molecule has 1 aromatic carbocycles. The molecule has 0 saturated heterocycles. The number of nitriles is 1. The van der Waals surface area contributed by atoms with Gasteiger partial charge in [-0.05, 0) is 31.5 Å². The molecule has 0 spiro atoms. The summed E-state index contributed by atoms with van der Waals surface area (Å²) >= 11 is 5.72. The van der Waals surface area contributed by atoms with E-state index in [-0.39, 0.29) is 5.69 Å². The minimum absolute atomic E-state index is 0.101. The number of hydrogen-bond acceptors (Lipinski definition) is 3. The number of halogens is 4. The molecule has 0 fully saturated rings. The number of alkyl halides is 4. The van der Waals surface area contributed by atoms with Gasteiger partial charge in [0.15, 0.2) is 5.78 Å². The van der Waals surface area contributed by atoms with E-state index in [4.69, 9.17) is 16.9 Å². The van der Waals surface area contributed by atoms with Crippen molar-refractivity contribution >= 4 is 17.4 Å². The van der Waals surface area contributed by atoms with Crippen molar-refractivity contribution in [2.45, 2.75) is 31.9 Å². The van der Waals surface area contributed by atoms with Gasteiger partial charge in [-0.15, -0.1) is 11.6 Å². The highest BCUT2D eigenvalue weighted by molar-refractivity contribution is 6.30. The molecule has 0 amide bonds. The Hall–Kier alpha value is -2.59. The maximum Gasteiger partial charge on any atom is 0.417 e. The molecule has 26 heavy (non-hydrogen) atoms. The Labute approximate surface area is 152 Å². The van der Waals surface area contributed by atoms with Crippen LogP contribution in [-0.4, -0.2) is 15.7 Å². The van der Waals surface area contributed by atoms with Crippen molar-refractivity contribution < 1.29 is 18.0 Å². The van der Waals surface area contributed by atoms with Crippen molar-refractivity contribution in [3.05, 3.63) is 57.4 Å². The minimum Gasteiger partial charge on any atom is -0.300 e. The van der Waals surface area contributed by atoms with Gasteiger partial charge >= 0.3 is 6.18 Å². The van der Waals surface area contributed by atoms with E-state index in [9.17, 15) is 22.8 Å². The SMILES string of the molecule is Cc1cccc(-c2cc(C(F)(F)F)c(C#N)c(=O)n2CC(=O)C(C)Cl)c1. The average molecular weight is 383 g/mol. The minimum atomic E-state index is -4.88. The molecule has 0 N–H and O–H groups in total. The summed E-state index contributed by atoms with van der Waals surface area (Å²) in [7, 11) is 0. The van der Waals surface area contributed by atoms with Gasteiger partial charge in [-0.3, -0.25) is 14.2 Å². The zero-order chi connectivity index (χ0) is 19.6. The second kappa shape index (κ2) is 7.34. The predicted molar refractivity (Wildman–Crippen MR) is 90.9 cm³/mol. The molecule has 0 aliphatic heterocycles. The van der Waals surface area contributed by atoms with Crippen LogP contribution in [0.4, 0.5) is 13.2 Å². The van der Waals surface area contributed by atoms with Crippen LogP contribution in [0.3, 0.4) is 0 Å². The number of aromatic nitrogens is 1. The lowest BCUT2D eigenvalue weighted by atomic mass is 10.0. The molecule has 1 aromatic heterocycles. The molecular formula is C18H14ClF3N2O2. The summed E-state index contributed by atoms with van der Waals surface area (Å²) in [4.78, 5) is 24.5. The number of carbonyl (C=O) groups is 1. The van der Waals surface area contributed by atoms with Gasteiger partial charge in [-0.1, -0.05) is 23.8 Å². The van der Waals surface area contributed by atoms with Gasteiger partial charge in [0.2, 0.25) is 0 Å². The molecule has 0 bridgehead atoms. The van der Waals surface area contributed by atoms with Crippen molar-refractivity contribution in [2.75, 3.05) is 0 Å². The first-order chi connectivity index (χ1) is 12.1. The van der Waals surface area contributed by atoms with Crippen molar-refractivity contribution in [1.82, 2.24) is 4.57 Å². The maximum absolute atomic E-state index is 13.3. The topological polar surface area (TPSA) is 62.9 Å². The van der Waals surface area contributed by atoms with E-state index < -0.39 is 40.6 Å². The summed E-state index contributed by atoms with van der Waals surface area (Å²) in [6.07, 6.45) is -4.88. The van der Waals surface area contributed by atoms with E-state index in [1.807, 2.05) is 0 Å². The van der Waals surface area contributed by atoms with Crippen LogP contribution in [0.1, 0.15) is 23.6 Å². The number of hydrogen-bond donors (Lipinski definition) is 0. The molecule has 0 saturated carbocycles. The van der Waals surface area contributed by atoms with Crippen LogP contribution in [0.25, 0.3) is 11.3 Å². The molecule has 0 radical (unpaired) electrons. The number of aryl methyl sites for hydroxylation is 1. The summed E-state index contributed by atoms with van der Waals surface area (Å²) in [5.41, 5.74) is -2.57. The Morgan fingerprint density at radius 2 is 2.00 bits per heavy atom. The van der Waals surface area contributed by atoms with E-state index in [1.165, 1.54) is 19.1 Å². The van der Waals surface area contributed by atoms with E-state index in [1.54, 1.807) is 25.1 Å². The summed E-state index contributed by atoms with van der Waals surface area (Å²) in [5.74, 6) is -0.550. The molecule has 1 heterocycles. The lowest BCUT2D eigenvalue weighted by molar-refractivity contribution is -0.137. The highest BCUT2D eigenvalue weighted by atomic mass is 35.5. The number of pyridine rings is 1. The Balaban J connectivity index is 2.86. The number of nitrogens with zero attached hydrogens (tertiary/aromatic N) is 2. The highest BCUT2D eigenvalue weighted by Crippen LogP contribution is 2.33. The third-order valence-corrected chi connectivity index (χ3v) is 4.03. The fourth-order valence-electron chi connectivity index (χ4n) is 2.46. The smallest absolute Gasteiger partial charge is 0.300 e. The molecular weight excluding hydrogens is 369 g/mol. The van der Waals surface area contributed by atoms with Gasteiger partial charge in [-0.2, -0.15) is 18.4 Å². The zero-order valence-electron chi connectivity index (χ0n) is 13.9.